The first-order chi connectivity index (χ1) is 14.1. The Kier molecular flexibility index (Phi) is 5.53. The number of methoxy groups -OCH3 is 1. The van der Waals surface area contributed by atoms with E-state index in [1.165, 1.54) is 11.3 Å². The number of ether oxygens (including phenoxy) is 2. The van der Waals surface area contributed by atoms with Crippen LogP contribution in [0.4, 0.5) is 0 Å². The van der Waals surface area contributed by atoms with Gasteiger partial charge in [-0.25, -0.2) is 4.98 Å². The Hall–Kier alpha value is -2.87. The van der Waals surface area contributed by atoms with Crippen molar-refractivity contribution in [1.82, 2.24) is 14.3 Å². The molecule has 4 rings (SSSR count). The van der Waals surface area contributed by atoms with Crippen LogP contribution in [0.5, 0.6) is 5.75 Å². The van der Waals surface area contributed by atoms with Crippen LogP contribution in [-0.4, -0.2) is 53.0 Å². The van der Waals surface area contributed by atoms with Gasteiger partial charge in [-0.2, -0.15) is 0 Å². The number of likely N-dealkylation sites (tertiary alicyclic amines) is 1. The summed E-state index contributed by atoms with van der Waals surface area (Å²) in [6.07, 6.45) is 3.16. The molecule has 0 atom stereocenters. The van der Waals surface area contributed by atoms with Crippen LogP contribution in [0.2, 0.25) is 0 Å². The molecule has 1 fully saturated rings. The molecule has 0 unspecified atom stereocenters. The summed E-state index contributed by atoms with van der Waals surface area (Å²) in [5, 5.41) is 1.84. The molecular formula is C21H23N3O4S. The van der Waals surface area contributed by atoms with E-state index in [-0.39, 0.29) is 17.8 Å². The number of piperidine rings is 1. The Bertz CT molecular complexity index is 1030. The lowest BCUT2D eigenvalue weighted by Crippen LogP contribution is -2.41. The average molecular weight is 413 g/mol. The second-order valence-corrected chi connectivity index (χ2v) is 7.79. The molecule has 1 aromatic carbocycles. The highest BCUT2D eigenvalue weighted by Gasteiger charge is 2.30. The molecule has 0 N–H and O–H groups in total. The van der Waals surface area contributed by atoms with Crippen molar-refractivity contribution in [2.24, 2.45) is 5.92 Å². The summed E-state index contributed by atoms with van der Waals surface area (Å²) in [6.45, 7) is 3.30. The van der Waals surface area contributed by atoms with E-state index in [1.807, 2.05) is 52.1 Å². The van der Waals surface area contributed by atoms with Crippen molar-refractivity contribution in [1.29, 1.82) is 0 Å². The Balaban J connectivity index is 1.52. The largest absolute Gasteiger partial charge is 0.497 e. The SMILES string of the molecule is CCOC(=O)C1CCN(C(=O)c2csc3nc(-c4cccc(OC)c4)cn23)CC1. The number of benzene rings is 1. The Morgan fingerprint density at radius 2 is 2.07 bits per heavy atom. The molecule has 8 heteroatoms. The summed E-state index contributed by atoms with van der Waals surface area (Å²) in [5.74, 6) is 0.456. The number of aromatic nitrogens is 2. The number of carbonyl (C=O) groups excluding carboxylic acids is 2. The van der Waals surface area contributed by atoms with Crippen molar-refractivity contribution in [2.45, 2.75) is 19.8 Å². The van der Waals surface area contributed by atoms with Gasteiger partial charge < -0.3 is 14.4 Å². The second-order valence-electron chi connectivity index (χ2n) is 6.95. The predicted octanol–water partition coefficient (Wildman–Crippen LogP) is 3.49. The van der Waals surface area contributed by atoms with Crippen LogP contribution in [0.3, 0.4) is 0 Å². The maximum Gasteiger partial charge on any atom is 0.309 e. The van der Waals surface area contributed by atoms with Crippen LogP contribution in [0.1, 0.15) is 30.3 Å². The molecule has 2 aromatic heterocycles. The third-order valence-electron chi connectivity index (χ3n) is 5.20. The molecule has 0 aliphatic carbocycles. The normalized spacial score (nSPS) is 14.9. The third-order valence-corrected chi connectivity index (χ3v) is 6.04. The lowest BCUT2D eigenvalue weighted by Gasteiger charge is -2.30. The average Bonchev–Trinajstić information content (AvgIpc) is 3.34. The highest BCUT2D eigenvalue weighted by molar-refractivity contribution is 7.15. The highest BCUT2D eigenvalue weighted by Crippen LogP contribution is 2.27. The molecule has 1 aliphatic rings. The van der Waals surface area contributed by atoms with Crippen LogP contribution in [-0.2, 0) is 9.53 Å². The minimum atomic E-state index is -0.157. The number of fused-ring (bicyclic) bond motifs is 1. The van der Waals surface area contributed by atoms with Gasteiger partial charge in [0.25, 0.3) is 5.91 Å². The van der Waals surface area contributed by atoms with Crippen molar-refractivity contribution in [3.63, 3.8) is 0 Å². The van der Waals surface area contributed by atoms with Crippen molar-refractivity contribution < 1.29 is 19.1 Å². The number of carbonyl (C=O) groups is 2. The summed E-state index contributed by atoms with van der Waals surface area (Å²) in [6, 6.07) is 7.70. The zero-order valence-electron chi connectivity index (χ0n) is 16.5. The molecule has 0 spiro atoms. The van der Waals surface area contributed by atoms with Gasteiger partial charge in [-0.15, -0.1) is 11.3 Å². The van der Waals surface area contributed by atoms with Crippen LogP contribution >= 0.6 is 11.3 Å². The van der Waals surface area contributed by atoms with Gasteiger partial charge in [0.15, 0.2) is 4.96 Å². The molecule has 7 nitrogen and oxygen atoms in total. The van der Waals surface area contributed by atoms with Crippen molar-refractivity contribution in [2.75, 3.05) is 26.8 Å². The molecule has 3 heterocycles. The zero-order valence-corrected chi connectivity index (χ0v) is 17.3. The van der Waals surface area contributed by atoms with Crippen LogP contribution in [0.15, 0.2) is 35.8 Å². The Morgan fingerprint density at radius 3 is 2.79 bits per heavy atom. The molecule has 3 aromatic rings. The molecule has 0 radical (unpaired) electrons. The summed E-state index contributed by atoms with van der Waals surface area (Å²) in [7, 11) is 1.63. The maximum atomic E-state index is 13.1. The number of esters is 1. The topological polar surface area (TPSA) is 73.1 Å². The summed E-state index contributed by atoms with van der Waals surface area (Å²) >= 11 is 1.44. The van der Waals surface area contributed by atoms with E-state index in [1.54, 1.807) is 7.11 Å². The molecule has 1 saturated heterocycles. The third kappa shape index (κ3) is 3.85. The summed E-state index contributed by atoms with van der Waals surface area (Å²) in [5.41, 5.74) is 2.33. The number of rotatable bonds is 5. The molecule has 1 aliphatic heterocycles. The van der Waals surface area contributed by atoms with E-state index in [9.17, 15) is 9.59 Å². The first-order valence-electron chi connectivity index (χ1n) is 9.67. The molecule has 0 saturated carbocycles. The van der Waals surface area contributed by atoms with E-state index in [2.05, 4.69) is 4.98 Å². The van der Waals surface area contributed by atoms with Crippen LogP contribution in [0, 0.1) is 5.92 Å². The Labute approximate surface area is 172 Å². The van der Waals surface area contributed by atoms with E-state index in [4.69, 9.17) is 9.47 Å². The van der Waals surface area contributed by atoms with E-state index in [0.29, 0.717) is 38.2 Å². The fraction of sp³-hybridized carbons (Fsp3) is 0.381. The van der Waals surface area contributed by atoms with Crippen molar-refractivity contribution >= 4 is 28.2 Å². The number of thiazole rings is 1. The van der Waals surface area contributed by atoms with Crippen LogP contribution < -0.4 is 4.74 Å². The van der Waals surface area contributed by atoms with E-state index in [0.717, 1.165) is 22.0 Å². The van der Waals surface area contributed by atoms with Crippen molar-refractivity contribution in [3.8, 4) is 17.0 Å². The highest BCUT2D eigenvalue weighted by atomic mass is 32.1. The van der Waals surface area contributed by atoms with Gasteiger partial charge in [0.2, 0.25) is 0 Å². The lowest BCUT2D eigenvalue weighted by molar-refractivity contribution is -0.149. The fourth-order valence-corrected chi connectivity index (χ4v) is 4.45. The van der Waals surface area contributed by atoms with Gasteiger partial charge in [-0.3, -0.25) is 14.0 Å². The monoisotopic (exact) mass is 413 g/mol. The molecular weight excluding hydrogens is 390 g/mol. The molecule has 29 heavy (non-hydrogen) atoms. The molecule has 152 valence electrons. The van der Waals surface area contributed by atoms with Gasteiger partial charge in [0.1, 0.15) is 11.4 Å². The smallest absolute Gasteiger partial charge is 0.309 e. The van der Waals surface area contributed by atoms with Gasteiger partial charge in [-0.05, 0) is 31.9 Å². The zero-order chi connectivity index (χ0) is 20.4. The Morgan fingerprint density at radius 1 is 1.28 bits per heavy atom. The standard InChI is InChI=1S/C21H23N3O4S/c1-3-28-20(26)14-7-9-23(10-8-14)19(25)18-13-29-21-22-17(12-24(18)21)15-5-4-6-16(11-15)27-2/h4-6,11-14H,3,7-10H2,1-2H3. The number of nitrogens with zero attached hydrogens (tertiary/aromatic N) is 3. The number of imidazole rings is 1. The minimum Gasteiger partial charge on any atom is -0.497 e. The minimum absolute atomic E-state index is 0.0341. The predicted molar refractivity (Wildman–Crippen MR) is 110 cm³/mol. The van der Waals surface area contributed by atoms with Gasteiger partial charge in [0.05, 0.1) is 25.3 Å². The lowest BCUT2D eigenvalue weighted by atomic mass is 9.97. The van der Waals surface area contributed by atoms with Gasteiger partial charge >= 0.3 is 5.97 Å². The second kappa shape index (κ2) is 8.24. The quantitative estimate of drug-likeness (QED) is 0.599. The van der Waals surface area contributed by atoms with Gasteiger partial charge in [-0.1, -0.05) is 12.1 Å². The number of hydrogen-bond donors (Lipinski definition) is 0. The van der Waals surface area contributed by atoms with Crippen LogP contribution in [0.25, 0.3) is 16.2 Å². The number of amides is 1. The summed E-state index contributed by atoms with van der Waals surface area (Å²) in [4.78, 5) is 32.2. The van der Waals surface area contributed by atoms with Gasteiger partial charge in [0, 0.05) is 30.2 Å². The number of hydrogen-bond acceptors (Lipinski definition) is 6. The first kappa shape index (κ1) is 19.4. The molecule has 0 bridgehead atoms. The maximum absolute atomic E-state index is 13.1. The van der Waals surface area contributed by atoms with E-state index < -0.39 is 0 Å². The first-order valence-corrected chi connectivity index (χ1v) is 10.6. The van der Waals surface area contributed by atoms with Crippen molar-refractivity contribution in [3.05, 3.63) is 41.5 Å². The molecule has 1 amide bonds. The van der Waals surface area contributed by atoms with E-state index >= 15 is 0 Å². The fourth-order valence-electron chi connectivity index (χ4n) is 3.60. The summed E-state index contributed by atoms with van der Waals surface area (Å²) < 4.78 is 12.2.